The Hall–Kier alpha value is -1.91. The Balaban J connectivity index is 2.56. The summed E-state index contributed by atoms with van der Waals surface area (Å²) in [6.45, 7) is 6.00. The maximum Gasteiger partial charge on any atom is 0.262 e. The third-order valence-electron chi connectivity index (χ3n) is 3.13. The standard InChI is InChI=1S/C16H22N2O4S/c1-12(2)8-9-22-13(3)16(19)18-23(20,21)11-15-6-4-14(10-17)5-7-15/h4-7,12-13H,8-9,11H2,1-3H3,(H,18,19). The summed E-state index contributed by atoms with van der Waals surface area (Å²) in [5.41, 5.74) is 0.944. The second-order valence-electron chi connectivity index (χ2n) is 5.73. The minimum absolute atomic E-state index is 0.330. The second-order valence-corrected chi connectivity index (χ2v) is 7.45. The average molecular weight is 338 g/mol. The summed E-state index contributed by atoms with van der Waals surface area (Å²) in [6.07, 6.45) is -0.0280. The molecule has 7 heteroatoms. The predicted molar refractivity (Wildman–Crippen MR) is 86.8 cm³/mol. The number of ether oxygens (including phenoxy) is 1. The molecule has 0 aliphatic heterocycles. The van der Waals surface area contributed by atoms with E-state index in [1.807, 2.05) is 24.6 Å². The number of rotatable bonds is 8. The van der Waals surface area contributed by atoms with Crippen LogP contribution in [-0.2, 0) is 25.3 Å². The fourth-order valence-corrected chi connectivity index (χ4v) is 2.90. The molecule has 1 atom stereocenters. The highest BCUT2D eigenvalue weighted by molar-refractivity contribution is 7.89. The lowest BCUT2D eigenvalue weighted by Crippen LogP contribution is -2.39. The fourth-order valence-electron chi connectivity index (χ4n) is 1.72. The predicted octanol–water partition coefficient (Wildman–Crippen LogP) is 1.96. The zero-order valence-corrected chi connectivity index (χ0v) is 14.4. The van der Waals surface area contributed by atoms with Crippen LogP contribution >= 0.6 is 0 Å². The van der Waals surface area contributed by atoms with Crippen molar-refractivity contribution in [1.29, 1.82) is 5.26 Å². The average Bonchev–Trinajstić information content (AvgIpc) is 2.46. The number of nitrogens with zero attached hydrogens (tertiary/aromatic N) is 1. The Morgan fingerprint density at radius 1 is 1.26 bits per heavy atom. The molecule has 1 aromatic rings. The van der Waals surface area contributed by atoms with Gasteiger partial charge in [-0.25, -0.2) is 8.42 Å². The number of hydrogen-bond donors (Lipinski definition) is 1. The van der Waals surface area contributed by atoms with E-state index in [2.05, 4.69) is 0 Å². The molecule has 23 heavy (non-hydrogen) atoms. The molecule has 0 fully saturated rings. The molecule has 0 saturated heterocycles. The molecule has 0 spiro atoms. The zero-order chi connectivity index (χ0) is 17.5. The van der Waals surface area contributed by atoms with E-state index in [1.54, 1.807) is 12.1 Å². The molecule has 0 heterocycles. The smallest absolute Gasteiger partial charge is 0.262 e. The van der Waals surface area contributed by atoms with Gasteiger partial charge in [0.25, 0.3) is 5.91 Å². The van der Waals surface area contributed by atoms with E-state index in [1.165, 1.54) is 19.1 Å². The molecule has 1 unspecified atom stereocenters. The maximum atomic E-state index is 12.0. The van der Waals surface area contributed by atoms with Crippen LogP contribution in [0.3, 0.4) is 0 Å². The minimum atomic E-state index is -3.80. The van der Waals surface area contributed by atoms with Crippen LogP contribution in [0.15, 0.2) is 24.3 Å². The number of sulfonamides is 1. The van der Waals surface area contributed by atoms with Crippen molar-refractivity contribution in [3.8, 4) is 6.07 Å². The van der Waals surface area contributed by atoms with Crippen LogP contribution in [-0.4, -0.2) is 27.0 Å². The minimum Gasteiger partial charge on any atom is -0.369 e. The number of amides is 1. The lowest BCUT2D eigenvalue weighted by atomic mass is 10.1. The van der Waals surface area contributed by atoms with Gasteiger partial charge < -0.3 is 4.74 Å². The number of benzene rings is 1. The molecule has 1 N–H and O–H groups in total. The first-order chi connectivity index (χ1) is 10.7. The molecule has 126 valence electrons. The summed E-state index contributed by atoms with van der Waals surface area (Å²) in [6, 6.07) is 8.11. The molecule has 0 aliphatic rings. The second kappa shape index (κ2) is 8.65. The largest absolute Gasteiger partial charge is 0.369 e. The molecular weight excluding hydrogens is 316 g/mol. The van der Waals surface area contributed by atoms with Gasteiger partial charge in [0.15, 0.2) is 0 Å². The summed E-state index contributed by atoms with van der Waals surface area (Å²) in [5, 5.41) is 8.71. The van der Waals surface area contributed by atoms with E-state index in [4.69, 9.17) is 10.00 Å². The van der Waals surface area contributed by atoms with E-state index < -0.39 is 22.0 Å². The van der Waals surface area contributed by atoms with Gasteiger partial charge >= 0.3 is 0 Å². The van der Waals surface area contributed by atoms with Crippen LogP contribution in [0.25, 0.3) is 0 Å². The van der Waals surface area contributed by atoms with Crippen molar-refractivity contribution < 1.29 is 17.9 Å². The zero-order valence-electron chi connectivity index (χ0n) is 13.6. The molecule has 0 radical (unpaired) electrons. The van der Waals surface area contributed by atoms with Gasteiger partial charge in [-0.1, -0.05) is 26.0 Å². The summed E-state index contributed by atoms with van der Waals surface area (Å²) >= 11 is 0. The first-order valence-corrected chi connectivity index (χ1v) is 9.03. The molecule has 1 rings (SSSR count). The third-order valence-corrected chi connectivity index (χ3v) is 4.35. The quantitative estimate of drug-likeness (QED) is 0.781. The van der Waals surface area contributed by atoms with Crippen molar-refractivity contribution in [3.63, 3.8) is 0 Å². The van der Waals surface area contributed by atoms with E-state index in [0.717, 1.165) is 6.42 Å². The topological polar surface area (TPSA) is 96.3 Å². The lowest BCUT2D eigenvalue weighted by Gasteiger charge is -2.14. The molecule has 0 bridgehead atoms. The summed E-state index contributed by atoms with van der Waals surface area (Å²) in [5.74, 6) is -0.559. The highest BCUT2D eigenvalue weighted by Gasteiger charge is 2.20. The normalized spacial score (nSPS) is 12.7. The molecule has 0 aromatic heterocycles. The number of nitrogens with one attached hydrogen (secondary N) is 1. The van der Waals surface area contributed by atoms with Crippen molar-refractivity contribution in [1.82, 2.24) is 4.72 Å². The fraction of sp³-hybridized carbons (Fsp3) is 0.500. The third kappa shape index (κ3) is 7.26. The maximum absolute atomic E-state index is 12.0. The van der Waals surface area contributed by atoms with Crippen molar-refractivity contribution in [3.05, 3.63) is 35.4 Å². The molecule has 0 saturated carbocycles. The molecule has 0 aliphatic carbocycles. The Kier molecular flexibility index (Phi) is 7.20. The highest BCUT2D eigenvalue weighted by Crippen LogP contribution is 2.08. The van der Waals surface area contributed by atoms with Gasteiger partial charge in [0, 0.05) is 6.61 Å². The van der Waals surface area contributed by atoms with E-state index in [0.29, 0.717) is 23.7 Å². The van der Waals surface area contributed by atoms with Crippen molar-refractivity contribution in [2.75, 3.05) is 6.61 Å². The van der Waals surface area contributed by atoms with Gasteiger partial charge in [-0.05, 0) is 37.0 Å². The van der Waals surface area contributed by atoms with Gasteiger partial charge in [-0.2, -0.15) is 5.26 Å². The summed E-state index contributed by atoms with van der Waals surface area (Å²) in [7, 11) is -3.80. The SMILES string of the molecule is CC(C)CCOC(C)C(=O)NS(=O)(=O)Cc1ccc(C#N)cc1. The van der Waals surface area contributed by atoms with Crippen molar-refractivity contribution >= 4 is 15.9 Å². The van der Waals surface area contributed by atoms with Crippen LogP contribution in [0, 0.1) is 17.2 Å². The monoisotopic (exact) mass is 338 g/mol. The van der Waals surface area contributed by atoms with E-state index in [9.17, 15) is 13.2 Å². The Labute approximate surface area is 137 Å². The van der Waals surface area contributed by atoms with Crippen molar-refractivity contribution in [2.45, 2.75) is 39.0 Å². The Morgan fingerprint density at radius 2 is 1.87 bits per heavy atom. The molecule has 1 aromatic carbocycles. The Bertz CT molecular complexity index is 660. The summed E-state index contributed by atoms with van der Waals surface area (Å²) in [4.78, 5) is 11.9. The van der Waals surface area contributed by atoms with Crippen LogP contribution < -0.4 is 4.72 Å². The highest BCUT2D eigenvalue weighted by atomic mass is 32.2. The Morgan fingerprint density at radius 3 is 2.39 bits per heavy atom. The number of carbonyl (C=O) groups is 1. The van der Waals surface area contributed by atoms with Crippen LogP contribution in [0.1, 0.15) is 38.3 Å². The van der Waals surface area contributed by atoms with Crippen LogP contribution in [0.5, 0.6) is 0 Å². The van der Waals surface area contributed by atoms with Crippen LogP contribution in [0.4, 0.5) is 0 Å². The lowest BCUT2D eigenvalue weighted by molar-refractivity contribution is -0.130. The van der Waals surface area contributed by atoms with Gasteiger partial charge in [-0.15, -0.1) is 0 Å². The number of carbonyl (C=O) groups excluding carboxylic acids is 1. The van der Waals surface area contributed by atoms with Gasteiger partial charge in [-0.3, -0.25) is 9.52 Å². The van der Waals surface area contributed by atoms with Crippen LogP contribution in [0.2, 0.25) is 0 Å². The summed E-state index contributed by atoms with van der Waals surface area (Å²) < 4.78 is 31.3. The van der Waals surface area contributed by atoms with Gasteiger partial charge in [0.05, 0.1) is 17.4 Å². The van der Waals surface area contributed by atoms with Crippen molar-refractivity contribution in [2.24, 2.45) is 5.92 Å². The molecule has 6 nitrogen and oxygen atoms in total. The van der Waals surface area contributed by atoms with E-state index in [-0.39, 0.29) is 5.75 Å². The van der Waals surface area contributed by atoms with Gasteiger partial charge in [0.1, 0.15) is 6.10 Å². The number of nitriles is 1. The number of hydrogen-bond acceptors (Lipinski definition) is 5. The molecule has 1 amide bonds. The first-order valence-electron chi connectivity index (χ1n) is 7.38. The molecular formula is C16H22N2O4S. The first kappa shape index (κ1) is 19.1. The van der Waals surface area contributed by atoms with Gasteiger partial charge in [0.2, 0.25) is 10.0 Å². The van der Waals surface area contributed by atoms with E-state index >= 15 is 0 Å².